The minimum Gasteiger partial charge on any atom is -0.212 e. The van der Waals surface area contributed by atoms with Crippen LogP contribution in [0.5, 0.6) is 0 Å². The lowest BCUT2D eigenvalue weighted by Crippen LogP contribution is -2.29. The summed E-state index contributed by atoms with van der Waals surface area (Å²) in [5, 5.41) is 0. The second-order valence-electron chi connectivity index (χ2n) is 5.07. The monoisotopic (exact) mass is 337 g/mol. The SMILES string of the molecule is CC(NS(=O)(=O)CC1CC1)c1ccc(S(=O)(=O)Cl)cc1. The molecule has 0 radical (unpaired) electrons. The molecule has 1 atom stereocenters. The van der Waals surface area contributed by atoms with Gasteiger partial charge in [0.05, 0.1) is 10.6 Å². The summed E-state index contributed by atoms with van der Waals surface area (Å²) in [6.07, 6.45) is 1.94. The van der Waals surface area contributed by atoms with E-state index in [4.69, 9.17) is 10.7 Å². The minimum atomic E-state index is -3.75. The number of hydrogen-bond acceptors (Lipinski definition) is 4. The molecule has 8 heteroatoms. The zero-order chi connectivity index (χ0) is 15.0. The fourth-order valence-corrected chi connectivity index (χ4v) is 4.39. The summed E-state index contributed by atoms with van der Waals surface area (Å²) in [6, 6.07) is 5.43. The van der Waals surface area contributed by atoms with Gasteiger partial charge in [-0.3, -0.25) is 0 Å². The number of halogens is 1. The van der Waals surface area contributed by atoms with E-state index in [2.05, 4.69) is 4.72 Å². The molecule has 1 fully saturated rings. The predicted molar refractivity (Wildman–Crippen MR) is 77.5 cm³/mol. The maximum absolute atomic E-state index is 11.9. The minimum absolute atomic E-state index is 0.00375. The molecule has 0 heterocycles. The highest BCUT2D eigenvalue weighted by molar-refractivity contribution is 8.13. The maximum atomic E-state index is 11.9. The highest BCUT2D eigenvalue weighted by atomic mass is 35.7. The summed E-state index contributed by atoms with van der Waals surface area (Å²) in [4.78, 5) is -0.00375. The van der Waals surface area contributed by atoms with Crippen molar-refractivity contribution in [3.8, 4) is 0 Å². The fraction of sp³-hybridized carbons (Fsp3) is 0.500. The Kier molecular flexibility index (Phi) is 4.44. The third kappa shape index (κ3) is 4.44. The zero-order valence-electron chi connectivity index (χ0n) is 10.9. The molecule has 1 aromatic rings. The van der Waals surface area contributed by atoms with E-state index >= 15 is 0 Å². The molecule has 2 rings (SSSR count). The summed E-state index contributed by atoms with van der Waals surface area (Å²) in [5.41, 5.74) is 0.688. The molecule has 1 N–H and O–H groups in total. The molecule has 112 valence electrons. The molecule has 1 saturated carbocycles. The fourth-order valence-electron chi connectivity index (χ4n) is 1.90. The van der Waals surface area contributed by atoms with Crippen LogP contribution in [-0.4, -0.2) is 22.6 Å². The number of rotatable bonds is 6. The van der Waals surface area contributed by atoms with Crippen molar-refractivity contribution in [2.75, 3.05) is 5.75 Å². The van der Waals surface area contributed by atoms with Crippen LogP contribution < -0.4 is 4.72 Å². The van der Waals surface area contributed by atoms with E-state index < -0.39 is 25.1 Å². The molecule has 1 unspecified atom stereocenters. The van der Waals surface area contributed by atoms with Crippen LogP contribution >= 0.6 is 10.7 Å². The molecule has 0 amide bonds. The summed E-state index contributed by atoms with van der Waals surface area (Å²) >= 11 is 0. The Bertz CT molecular complexity index is 679. The van der Waals surface area contributed by atoms with Crippen LogP contribution in [0.3, 0.4) is 0 Å². The van der Waals surface area contributed by atoms with E-state index in [0.29, 0.717) is 5.56 Å². The average molecular weight is 338 g/mol. The molecule has 0 bridgehead atoms. The van der Waals surface area contributed by atoms with Gasteiger partial charge in [-0.05, 0) is 43.4 Å². The quantitative estimate of drug-likeness (QED) is 0.805. The van der Waals surface area contributed by atoms with Crippen molar-refractivity contribution in [2.45, 2.75) is 30.7 Å². The third-order valence-electron chi connectivity index (χ3n) is 3.17. The molecule has 1 aromatic carbocycles. The van der Waals surface area contributed by atoms with Crippen molar-refractivity contribution in [3.63, 3.8) is 0 Å². The van der Waals surface area contributed by atoms with Crippen molar-refractivity contribution < 1.29 is 16.8 Å². The van der Waals surface area contributed by atoms with Crippen molar-refractivity contribution in [3.05, 3.63) is 29.8 Å². The highest BCUT2D eigenvalue weighted by Gasteiger charge is 2.28. The van der Waals surface area contributed by atoms with E-state index in [1.54, 1.807) is 19.1 Å². The number of benzene rings is 1. The van der Waals surface area contributed by atoms with Gasteiger partial charge in [0.25, 0.3) is 9.05 Å². The lowest BCUT2D eigenvalue weighted by atomic mass is 10.1. The molecule has 5 nitrogen and oxygen atoms in total. The van der Waals surface area contributed by atoms with Crippen molar-refractivity contribution in [1.29, 1.82) is 0 Å². The Balaban J connectivity index is 2.07. The molecule has 0 aromatic heterocycles. The van der Waals surface area contributed by atoms with Crippen LogP contribution in [0.2, 0.25) is 0 Å². The average Bonchev–Trinajstić information content (AvgIpc) is 3.10. The third-order valence-corrected chi connectivity index (χ3v) is 6.16. The number of hydrogen-bond donors (Lipinski definition) is 1. The molecule has 1 aliphatic carbocycles. The summed E-state index contributed by atoms with van der Waals surface area (Å²) in [5.74, 6) is 0.439. The lowest BCUT2D eigenvalue weighted by molar-refractivity contribution is 0.563. The van der Waals surface area contributed by atoms with Crippen LogP contribution in [0, 0.1) is 5.92 Å². The standard InChI is InChI=1S/C12H16ClNO4S2/c1-9(14-19(15,16)8-10-2-3-10)11-4-6-12(7-5-11)20(13,17)18/h4-7,9-10,14H,2-3,8H2,1H3. The van der Waals surface area contributed by atoms with E-state index in [0.717, 1.165) is 12.8 Å². The van der Waals surface area contributed by atoms with Gasteiger partial charge in [0, 0.05) is 16.7 Å². The Morgan fingerprint density at radius 3 is 2.20 bits per heavy atom. The highest BCUT2D eigenvalue weighted by Crippen LogP contribution is 2.30. The lowest BCUT2D eigenvalue weighted by Gasteiger charge is -2.14. The van der Waals surface area contributed by atoms with Crippen LogP contribution in [0.4, 0.5) is 0 Å². The Hall–Kier alpha value is -0.630. The van der Waals surface area contributed by atoms with Crippen molar-refractivity contribution >= 4 is 29.8 Å². The molecule has 0 aliphatic heterocycles. The first kappa shape index (κ1) is 15.8. The summed E-state index contributed by atoms with van der Waals surface area (Å²) < 4.78 is 48.6. The topological polar surface area (TPSA) is 80.3 Å². The maximum Gasteiger partial charge on any atom is 0.261 e. The van der Waals surface area contributed by atoms with Crippen molar-refractivity contribution in [1.82, 2.24) is 4.72 Å². The number of sulfonamides is 1. The van der Waals surface area contributed by atoms with Gasteiger partial charge in [-0.2, -0.15) is 0 Å². The predicted octanol–water partition coefficient (Wildman–Crippen LogP) is 2.00. The normalized spacial score (nSPS) is 17.9. The van der Waals surface area contributed by atoms with Gasteiger partial charge in [-0.25, -0.2) is 21.6 Å². The van der Waals surface area contributed by atoms with Gasteiger partial charge in [-0.1, -0.05) is 12.1 Å². The van der Waals surface area contributed by atoms with E-state index in [1.807, 2.05) is 0 Å². The first-order valence-corrected chi connectivity index (χ1v) is 10.2. The van der Waals surface area contributed by atoms with Crippen molar-refractivity contribution in [2.24, 2.45) is 5.92 Å². The van der Waals surface area contributed by atoms with Crippen LogP contribution in [0.1, 0.15) is 31.4 Å². The first-order valence-electron chi connectivity index (χ1n) is 6.22. The van der Waals surface area contributed by atoms with E-state index in [1.165, 1.54) is 12.1 Å². The second kappa shape index (κ2) is 5.63. The molecule has 0 spiro atoms. The molecular formula is C12H16ClNO4S2. The van der Waals surface area contributed by atoms with Gasteiger partial charge < -0.3 is 0 Å². The van der Waals surface area contributed by atoms with E-state index in [-0.39, 0.29) is 16.6 Å². The van der Waals surface area contributed by atoms with Crippen LogP contribution in [-0.2, 0) is 19.1 Å². The smallest absolute Gasteiger partial charge is 0.212 e. The Morgan fingerprint density at radius 1 is 1.20 bits per heavy atom. The first-order chi connectivity index (χ1) is 9.17. The van der Waals surface area contributed by atoms with Crippen LogP contribution in [0.15, 0.2) is 29.2 Å². The molecule has 1 aliphatic rings. The molecule has 0 saturated heterocycles. The molecule has 20 heavy (non-hydrogen) atoms. The second-order valence-corrected chi connectivity index (χ2v) is 9.44. The van der Waals surface area contributed by atoms with E-state index in [9.17, 15) is 16.8 Å². The Labute approximate surface area is 123 Å². The van der Waals surface area contributed by atoms with Crippen LogP contribution in [0.25, 0.3) is 0 Å². The van der Waals surface area contributed by atoms with Gasteiger partial charge in [0.2, 0.25) is 10.0 Å². The Morgan fingerprint density at radius 2 is 1.75 bits per heavy atom. The van der Waals surface area contributed by atoms with Gasteiger partial charge >= 0.3 is 0 Å². The number of nitrogens with one attached hydrogen (secondary N) is 1. The van der Waals surface area contributed by atoms with Gasteiger partial charge in [-0.15, -0.1) is 0 Å². The summed E-state index contributed by atoms with van der Waals surface area (Å²) in [7, 11) is -1.83. The van der Waals surface area contributed by atoms with Gasteiger partial charge in [0.15, 0.2) is 0 Å². The summed E-state index contributed by atoms with van der Waals surface area (Å²) in [6.45, 7) is 1.72. The largest absolute Gasteiger partial charge is 0.261 e. The molecular weight excluding hydrogens is 322 g/mol. The zero-order valence-corrected chi connectivity index (χ0v) is 13.3. The van der Waals surface area contributed by atoms with Gasteiger partial charge in [0.1, 0.15) is 0 Å².